The number of amides is 1. The lowest BCUT2D eigenvalue weighted by atomic mass is 9.94. The van der Waals surface area contributed by atoms with Crippen molar-refractivity contribution in [1.82, 2.24) is 5.32 Å². The molecule has 0 heterocycles. The van der Waals surface area contributed by atoms with Crippen molar-refractivity contribution in [3.8, 4) is 5.75 Å². The summed E-state index contributed by atoms with van der Waals surface area (Å²) >= 11 is 0. The molecule has 3 rings (SSSR count). The maximum atomic E-state index is 12.6. The highest BCUT2D eigenvalue weighted by Crippen LogP contribution is 2.48. The van der Waals surface area contributed by atoms with Gasteiger partial charge in [-0.25, -0.2) is 0 Å². The highest BCUT2D eigenvalue weighted by atomic mass is 16.5. The van der Waals surface area contributed by atoms with Crippen molar-refractivity contribution in [2.45, 2.75) is 31.6 Å². The van der Waals surface area contributed by atoms with E-state index in [1.165, 1.54) is 5.56 Å². The van der Waals surface area contributed by atoms with Crippen molar-refractivity contribution < 1.29 is 9.53 Å². The minimum Gasteiger partial charge on any atom is -0.496 e. The van der Waals surface area contributed by atoms with Crippen LogP contribution < -0.4 is 10.1 Å². The van der Waals surface area contributed by atoms with Crippen LogP contribution in [0.2, 0.25) is 0 Å². The summed E-state index contributed by atoms with van der Waals surface area (Å²) in [6.45, 7) is 2.70. The summed E-state index contributed by atoms with van der Waals surface area (Å²) in [7, 11) is 1.67. The Morgan fingerprint density at radius 2 is 1.83 bits per heavy atom. The standard InChI is InChI=1S/C20H23NO2/c1-15-7-9-17(10-8-15)20(12-13-20)19(22)21-14-11-16-5-3-4-6-18(16)23-2/h3-10H,11-14H2,1-2H3,(H,21,22). The van der Waals surface area contributed by atoms with Gasteiger partial charge < -0.3 is 10.1 Å². The van der Waals surface area contributed by atoms with Gasteiger partial charge in [0.1, 0.15) is 5.75 Å². The van der Waals surface area contributed by atoms with Gasteiger partial charge in [-0.2, -0.15) is 0 Å². The topological polar surface area (TPSA) is 38.3 Å². The lowest BCUT2D eigenvalue weighted by Gasteiger charge is -2.16. The Morgan fingerprint density at radius 1 is 1.13 bits per heavy atom. The van der Waals surface area contributed by atoms with Crippen LogP contribution in [0.5, 0.6) is 5.75 Å². The lowest BCUT2D eigenvalue weighted by Crippen LogP contribution is -2.36. The fourth-order valence-corrected chi connectivity index (χ4v) is 3.03. The Balaban J connectivity index is 1.60. The maximum Gasteiger partial charge on any atom is 0.230 e. The SMILES string of the molecule is COc1ccccc1CCNC(=O)C1(c2ccc(C)cc2)CC1. The fraction of sp³-hybridized carbons (Fsp3) is 0.350. The molecule has 23 heavy (non-hydrogen) atoms. The molecule has 0 aromatic heterocycles. The zero-order valence-electron chi connectivity index (χ0n) is 13.8. The molecule has 0 radical (unpaired) electrons. The zero-order valence-corrected chi connectivity index (χ0v) is 13.8. The molecule has 1 aliphatic rings. The number of hydrogen-bond acceptors (Lipinski definition) is 2. The summed E-state index contributed by atoms with van der Waals surface area (Å²) in [5.41, 5.74) is 3.18. The van der Waals surface area contributed by atoms with Gasteiger partial charge in [-0.05, 0) is 43.4 Å². The van der Waals surface area contributed by atoms with Gasteiger partial charge in [-0.1, -0.05) is 48.0 Å². The van der Waals surface area contributed by atoms with Crippen LogP contribution in [0.3, 0.4) is 0 Å². The molecule has 2 aromatic carbocycles. The van der Waals surface area contributed by atoms with E-state index in [1.807, 2.05) is 24.3 Å². The smallest absolute Gasteiger partial charge is 0.230 e. The molecule has 1 N–H and O–H groups in total. The number of nitrogens with one attached hydrogen (secondary N) is 1. The first-order chi connectivity index (χ1) is 11.2. The van der Waals surface area contributed by atoms with Crippen LogP contribution in [0.15, 0.2) is 48.5 Å². The highest BCUT2D eigenvalue weighted by Gasteiger charge is 2.50. The Labute approximate surface area is 137 Å². The number of benzene rings is 2. The third-order valence-electron chi connectivity index (χ3n) is 4.66. The normalized spacial score (nSPS) is 15.0. The number of rotatable bonds is 6. The van der Waals surface area contributed by atoms with Crippen molar-refractivity contribution in [2.75, 3.05) is 13.7 Å². The second kappa shape index (κ2) is 6.45. The molecule has 1 amide bonds. The number of para-hydroxylation sites is 1. The quantitative estimate of drug-likeness (QED) is 0.888. The number of carbonyl (C=O) groups is 1. The maximum absolute atomic E-state index is 12.6. The predicted octanol–water partition coefficient (Wildman–Crippen LogP) is 3.39. The molecule has 0 bridgehead atoms. The van der Waals surface area contributed by atoms with Gasteiger partial charge in [-0.15, -0.1) is 0 Å². The molecule has 0 atom stereocenters. The van der Waals surface area contributed by atoms with E-state index < -0.39 is 0 Å². The molecule has 120 valence electrons. The summed E-state index contributed by atoms with van der Waals surface area (Å²) in [6.07, 6.45) is 2.66. The van der Waals surface area contributed by atoms with Gasteiger partial charge in [0.25, 0.3) is 0 Å². The fourth-order valence-electron chi connectivity index (χ4n) is 3.03. The first-order valence-corrected chi connectivity index (χ1v) is 8.13. The van der Waals surface area contributed by atoms with Gasteiger partial charge in [0.2, 0.25) is 5.91 Å². The summed E-state index contributed by atoms with van der Waals surface area (Å²) in [5.74, 6) is 1.03. The van der Waals surface area contributed by atoms with Crippen molar-refractivity contribution in [1.29, 1.82) is 0 Å². The number of ether oxygens (including phenoxy) is 1. The van der Waals surface area contributed by atoms with Gasteiger partial charge >= 0.3 is 0 Å². The van der Waals surface area contributed by atoms with E-state index in [4.69, 9.17) is 4.74 Å². The lowest BCUT2D eigenvalue weighted by molar-refractivity contribution is -0.123. The molecule has 3 nitrogen and oxygen atoms in total. The second-order valence-electron chi connectivity index (χ2n) is 6.27. The van der Waals surface area contributed by atoms with E-state index in [0.29, 0.717) is 6.54 Å². The average molecular weight is 309 g/mol. The highest BCUT2D eigenvalue weighted by molar-refractivity contribution is 5.91. The Kier molecular flexibility index (Phi) is 4.37. The van der Waals surface area contributed by atoms with Crippen molar-refractivity contribution in [2.24, 2.45) is 0 Å². The van der Waals surface area contributed by atoms with E-state index in [0.717, 1.165) is 36.1 Å². The molecule has 0 unspecified atom stereocenters. The van der Waals surface area contributed by atoms with Gasteiger partial charge in [-0.3, -0.25) is 4.79 Å². The Hall–Kier alpha value is -2.29. The van der Waals surface area contributed by atoms with E-state index in [1.54, 1.807) is 7.11 Å². The summed E-state index contributed by atoms with van der Waals surface area (Å²) in [6, 6.07) is 16.3. The predicted molar refractivity (Wildman–Crippen MR) is 91.8 cm³/mol. The van der Waals surface area contributed by atoms with Crippen LogP contribution in [0, 0.1) is 6.92 Å². The van der Waals surface area contributed by atoms with Gasteiger partial charge in [0.15, 0.2) is 0 Å². The monoisotopic (exact) mass is 309 g/mol. The molecule has 0 spiro atoms. The molecule has 0 aliphatic heterocycles. The molecular weight excluding hydrogens is 286 g/mol. The number of hydrogen-bond donors (Lipinski definition) is 1. The summed E-state index contributed by atoms with van der Waals surface area (Å²) in [5, 5.41) is 3.10. The van der Waals surface area contributed by atoms with Crippen molar-refractivity contribution in [3.05, 3.63) is 65.2 Å². The van der Waals surface area contributed by atoms with E-state index in [9.17, 15) is 4.79 Å². The molecular formula is C20H23NO2. The first kappa shape index (κ1) is 15.6. The van der Waals surface area contributed by atoms with E-state index >= 15 is 0 Å². The zero-order chi connectivity index (χ0) is 16.3. The van der Waals surface area contributed by atoms with Crippen LogP contribution in [0.25, 0.3) is 0 Å². The first-order valence-electron chi connectivity index (χ1n) is 8.13. The molecule has 1 aliphatic carbocycles. The second-order valence-corrected chi connectivity index (χ2v) is 6.27. The van der Waals surface area contributed by atoms with Crippen molar-refractivity contribution >= 4 is 5.91 Å². The Bertz CT molecular complexity index is 687. The number of aryl methyl sites for hydroxylation is 1. The van der Waals surface area contributed by atoms with Gasteiger partial charge in [0, 0.05) is 6.54 Å². The van der Waals surface area contributed by atoms with Crippen LogP contribution >= 0.6 is 0 Å². The molecule has 1 fully saturated rings. The average Bonchev–Trinajstić information content (AvgIpc) is 3.38. The molecule has 0 saturated heterocycles. The third-order valence-corrected chi connectivity index (χ3v) is 4.66. The summed E-state index contributed by atoms with van der Waals surface area (Å²) < 4.78 is 5.35. The summed E-state index contributed by atoms with van der Waals surface area (Å²) in [4.78, 5) is 12.6. The van der Waals surface area contributed by atoms with Crippen LogP contribution in [-0.2, 0) is 16.6 Å². The van der Waals surface area contributed by atoms with Crippen LogP contribution in [0.1, 0.15) is 29.5 Å². The largest absolute Gasteiger partial charge is 0.496 e. The van der Waals surface area contributed by atoms with Gasteiger partial charge in [0.05, 0.1) is 12.5 Å². The number of carbonyl (C=O) groups excluding carboxylic acids is 1. The Morgan fingerprint density at radius 3 is 2.48 bits per heavy atom. The minimum atomic E-state index is -0.297. The van der Waals surface area contributed by atoms with E-state index in [-0.39, 0.29) is 11.3 Å². The van der Waals surface area contributed by atoms with Crippen LogP contribution in [-0.4, -0.2) is 19.6 Å². The molecule has 3 heteroatoms. The minimum absolute atomic E-state index is 0.149. The molecule has 1 saturated carbocycles. The molecule has 2 aromatic rings. The van der Waals surface area contributed by atoms with Crippen LogP contribution in [0.4, 0.5) is 0 Å². The number of methoxy groups -OCH3 is 1. The van der Waals surface area contributed by atoms with E-state index in [2.05, 4.69) is 36.5 Å². The third kappa shape index (κ3) is 3.24. The van der Waals surface area contributed by atoms with Crippen molar-refractivity contribution in [3.63, 3.8) is 0 Å².